The van der Waals surface area contributed by atoms with Gasteiger partial charge in [-0.05, 0) is 23.6 Å². The molecule has 2 N–H and O–H groups in total. The van der Waals surface area contributed by atoms with Gasteiger partial charge in [0.15, 0.2) is 11.6 Å². The highest BCUT2D eigenvalue weighted by atomic mass is 19.1. The Kier molecular flexibility index (Phi) is 3.10. The van der Waals surface area contributed by atoms with Crippen LogP contribution in [0.3, 0.4) is 0 Å². The van der Waals surface area contributed by atoms with E-state index < -0.39 is 5.82 Å². The first-order valence-electron chi connectivity index (χ1n) is 6.43. The molecule has 4 nitrogen and oxygen atoms in total. The van der Waals surface area contributed by atoms with Gasteiger partial charge in [-0.15, -0.1) is 0 Å². The molecule has 0 radical (unpaired) electrons. The SMILES string of the molecule is Nc1nccc(C(=O)N2CCc3ccccc3C2)c1F. The van der Waals surface area contributed by atoms with Crippen LogP contribution in [-0.2, 0) is 13.0 Å². The van der Waals surface area contributed by atoms with E-state index in [0.717, 1.165) is 12.0 Å². The van der Waals surface area contributed by atoms with E-state index in [4.69, 9.17) is 5.73 Å². The van der Waals surface area contributed by atoms with Gasteiger partial charge in [0.05, 0.1) is 5.56 Å². The fraction of sp³-hybridized carbons (Fsp3) is 0.200. The van der Waals surface area contributed by atoms with Crippen LogP contribution in [0.5, 0.6) is 0 Å². The Hall–Kier alpha value is -2.43. The van der Waals surface area contributed by atoms with E-state index in [1.54, 1.807) is 4.90 Å². The highest BCUT2D eigenvalue weighted by molar-refractivity contribution is 5.95. The van der Waals surface area contributed by atoms with E-state index >= 15 is 0 Å². The largest absolute Gasteiger partial charge is 0.381 e. The first-order valence-corrected chi connectivity index (χ1v) is 6.43. The molecule has 2 aromatic rings. The van der Waals surface area contributed by atoms with Crippen LogP contribution in [0.25, 0.3) is 0 Å². The smallest absolute Gasteiger partial charge is 0.257 e. The molecule has 20 heavy (non-hydrogen) atoms. The van der Waals surface area contributed by atoms with Crippen LogP contribution in [0.2, 0.25) is 0 Å². The summed E-state index contributed by atoms with van der Waals surface area (Å²) in [5.74, 6) is -1.32. The number of fused-ring (bicyclic) bond motifs is 1. The molecule has 0 saturated carbocycles. The van der Waals surface area contributed by atoms with Crippen LogP contribution in [0.15, 0.2) is 36.5 Å². The maximum atomic E-state index is 13.9. The first-order chi connectivity index (χ1) is 9.66. The van der Waals surface area contributed by atoms with Crippen molar-refractivity contribution in [3.63, 3.8) is 0 Å². The summed E-state index contributed by atoms with van der Waals surface area (Å²) in [6.07, 6.45) is 2.13. The third kappa shape index (κ3) is 2.11. The Labute approximate surface area is 116 Å². The molecular formula is C15H14FN3O. The second-order valence-electron chi connectivity index (χ2n) is 4.80. The molecule has 0 saturated heterocycles. The number of aromatic nitrogens is 1. The summed E-state index contributed by atoms with van der Waals surface area (Å²) in [4.78, 5) is 17.7. The van der Waals surface area contributed by atoms with Crippen LogP contribution in [0.1, 0.15) is 21.5 Å². The van der Waals surface area contributed by atoms with Crippen molar-refractivity contribution in [3.8, 4) is 0 Å². The number of nitrogen functional groups attached to an aromatic ring is 1. The van der Waals surface area contributed by atoms with Crippen LogP contribution in [0.4, 0.5) is 10.2 Å². The summed E-state index contributed by atoms with van der Waals surface area (Å²) in [5.41, 5.74) is 7.74. The first kappa shape index (κ1) is 12.6. The zero-order valence-electron chi connectivity index (χ0n) is 10.8. The molecule has 0 fully saturated rings. The Bertz CT molecular complexity index is 672. The number of pyridine rings is 1. The summed E-state index contributed by atoms with van der Waals surface area (Å²) in [6, 6.07) is 9.35. The van der Waals surface area contributed by atoms with Crippen molar-refractivity contribution >= 4 is 11.7 Å². The molecular weight excluding hydrogens is 257 g/mol. The second kappa shape index (κ2) is 4.92. The third-order valence-corrected chi connectivity index (χ3v) is 3.56. The number of nitrogens with two attached hydrogens (primary N) is 1. The maximum Gasteiger partial charge on any atom is 0.257 e. The lowest BCUT2D eigenvalue weighted by Gasteiger charge is -2.29. The molecule has 2 heterocycles. The van der Waals surface area contributed by atoms with Crippen LogP contribution >= 0.6 is 0 Å². The van der Waals surface area contributed by atoms with E-state index in [9.17, 15) is 9.18 Å². The predicted octanol–water partition coefficient (Wildman–Crippen LogP) is 2.00. The van der Waals surface area contributed by atoms with Crippen molar-refractivity contribution < 1.29 is 9.18 Å². The van der Waals surface area contributed by atoms with Gasteiger partial charge in [-0.25, -0.2) is 9.37 Å². The number of halogens is 1. The van der Waals surface area contributed by atoms with Gasteiger partial charge < -0.3 is 10.6 Å². The molecule has 1 aromatic heterocycles. The number of carbonyl (C=O) groups is 1. The lowest BCUT2D eigenvalue weighted by atomic mass is 9.99. The fourth-order valence-corrected chi connectivity index (χ4v) is 2.46. The quantitative estimate of drug-likeness (QED) is 0.863. The number of hydrogen-bond donors (Lipinski definition) is 1. The summed E-state index contributed by atoms with van der Waals surface area (Å²) in [5, 5.41) is 0. The van der Waals surface area contributed by atoms with Gasteiger partial charge in [0.25, 0.3) is 5.91 Å². The number of hydrogen-bond acceptors (Lipinski definition) is 3. The Morgan fingerprint density at radius 1 is 1.25 bits per heavy atom. The van der Waals surface area contributed by atoms with Crippen LogP contribution in [0, 0.1) is 5.82 Å². The Balaban J connectivity index is 1.88. The van der Waals surface area contributed by atoms with E-state index in [-0.39, 0.29) is 17.3 Å². The standard InChI is InChI=1S/C15H14FN3O/c16-13-12(5-7-18-14(13)17)15(20)19-8-6-10-3-1-2-4-11(10)9-19/h1-5,7H,6,8-9H2,(H2,17,18). The number of amides is 1. The van der Waals surface area contributed by atoms with Crippen LogP contribution < -0.4 is 5.73 Å². The van der Waals surface area contributed by atoms with Gasteiger partial charge in [-0.1, -0.05) is 24.3 Å². The van der Waals surface area contributed by atoms with Gasteiger partial charge in [0.1, 0.15) is 0 Å². The third-order valence-electron chi connectivity index (χ3n) is 3.56. The average molecular weight is 271 g/mol. The predicted molar refractivity (Wildman–Crippen MR) is 73.5 cm³/mol. The molecule has 102 valence electrons. The van der Waals surface area contributed by atoms with Crippen LogP contribution in [-0.4, -0.2) is 22.3 Å². The van der Waals surface area contributed by atoms with Crippen molar-refractivity contribution in [2.75, 3.05) is 12.3 Å². The number of rotatable bonds is 1. The lowest BCUT2D eigenvalue weighted by molar-refractivity contribution is 0.0730. The highest BCUT2D eigenvalue weighted by Crippen LogP contribution is 2.21. The fourth-order valence-electron chi connectivity index (χ4n) is 2.46. The summed E-state index contributed by atoms with van der Waals surface area (Å²) >= 11 is 0. The monoisotopic (exact) mass is 271 g/mol. The van der Waals surface area contributed by atoms with Crippen molar-refractivity contribution in [1.82, 2.24) is 9.88 Å². The topological polar surface area (TPSA) is 59.2 Å². The molecule has 5 heteroatoms. The van der Waals surface area contributed by atoms with Crippen molar-refractivity contribution in [2.45, 2.75) is 13.0 Å². The summed E-state index contributed by atoms with van der Waals surface area (Å²) in [6.45, 7) is 1.08. The van der Waals surface area contributed by atoms with E-state index in [2.05, 4.69) is 11.1 Å². The second-order valence-corrected chi connectivity index (χ2v) is 4.80. The number of nitrogens with zero attached hydrogens (tertiary/aromatic N) is 2. The van der Waals surface area contributed by atoms with Crippen molar-refractivity contribution in [2.24, 2.45) is 0 Å². The van der Waals surface area contributed by atoms with Crippen molar-refractivity contribution in [1.29, 1.82) is 0 Å². The molecule has 0 aliphatic carbocycles. The molecule has 0 spiro atoms. The number of carbonyl (C=O) groups excluding carboxylic acids is 1. The van der Waals surface area contributed by atoms with E-state index in [1.165, 1.54) is 17.8 Å². The zero-order valence-corrected chi connectivity index (χ0v) is 10.8. The minimum atomic E-state index is -0.739. The normalized spacial score (nSPS) is 13.9. The molecule has 0 bridgehead atoms. The van der Waals surface area contributed by atoms with E-state index in [0.29, 0.717) is 13.1 Å². The van der Waals surface area contributed by atoms with Gasteiger partial charge >= 0.3 is 0 Å². The van der Waals surface area contributed by atoms with Gasteiger partial charge in [-0.3, -0.25) is 4.79 Å². The number of anilines is 1. The Morgan fingerprint density at radius 2 is 2.00 bits per heavy atom. The molecule has 1 aliphatic rings. The van der Waals surface area contributed by atoms with Gasteiger partial charge in [0, 0.05) is 19.3 Å². The van der Waals surface area contributed by atoms with Crippen molar-refractivity contribution in [3.05, 3.63) is 59.0 Å². The average Bonchev–Trinajstić information content (AvgIpc) is 2.49. The minimum Gasteiger partial charge on any atom is -0.381 e. The van der Waals surface area contributed by atoms with Gasteiger partial charge in [0.2, 0.25) is 0 Å². The zero-order chi connectivity index (χ0) is 14.1. The lowest BCUT2D eigenvalue weighted by Crippen LogP contribution is -2.36. The molecule has 0 unspecified atom stereocenters. The maximum absolute atomic E-state index is 13.9. The minimum absolute atomic E-state index is 0.0168. The summed E-state index contributed by atoms with van der Waals surface area (Å²) in [7, 11) is 0. The number of benzene rings is 1. The Morgan fingerprint density at radius 3 is 2.80 bits per heavy atom. The summed E-state index contributed by atoms with van der Waals surface area (Å²) < 4.78 is 13.9. The molecule has 1 amide bonds. The molecule has 0 atom stereocenters. The molecule has 1 aliphatic heterocycles. The molecule has 1 aromatic carbocycles. The molecule has 3 rings (SSSR count). The van der Waals surface area contributed by atoms with Gasteiger partial charge in [-0.2, -0.15) is 0 Å². The van der Waals surface area contributed by atoms with E-state index in [1.807, 2.05) is 18.2 Å². The highest BCUT2D eigenvalue weighted by Gasteiger charge is 2.24.